The Labute approximate surface area is 218 Å². The highest BCUT2D eigenvalue weighted by molar-refractivity contribution is 5.80. The zero-order chi connectivity index (χ0) is 28.6. The topological polar surface area (TPSA) is 151 Å². The largest absolute Gasteiger partial charge is 0.509 e. The van der Waals surface area contributed by atoms with Crippen LogP contribution in [0.25, 0.3) is 0 Å². The maximum atomic E-state index is 12.5. The number of rotatable bonds is 12. The number of aliphatic carboxylic acids is 1. The van der Waals surface area contributed by atoms with Gasteiger partial charge in [-0.25, -0.2) is 4.79 Å². The summed E-state index contributed by atoms with van der Waals surface area (Å²) in [6.45, 7) is 13.7. The van der Waals surface area contributed by atoms with Gasteiger partial charge in [-0.3, -0.25) is 14.4 Å². The van der Waals surface area contributed by atoms with E-state index in [2.05, 4.69) is 0 Å². The molecule has 1 aromatic carbocycles. The van der Waals surface area contributed by atoms with Gasteiger partial charge in [0.15, 0.2) is 11.5 Å². The first-order valence-corrected chi connectivity index (χ1v) is 12.5. The molecule has 10 heteroatoms. The van der Waals surface area contributed by atoms with Gasteiger partial charge in [0.25, 0.3) is 0 Å². The normalized spacial score (nSPS) is 15.5. The molecule has 0 saturated heterocycles. The molecule has 0 aromatic heterocycles. The molecule has 3 N–H and O–H groups in total. The van der Waals surface area contributed by atoms with Crippen molar-refractivity contribution in [3.63, 3.8) is 0 Å². The molecule has 10 nitrogen and oxygen atoms in total. The molecule has 37 heavy (non-hydrogen) atoms. The van der Waals surface area contributed by atoms with Crippen LogP contribution in [0.15, 0.2) is 18.2 Å². The monoisotopic (exact) mass is 523 g/mol. The second-order valence-corrected chi connectivity index (χ2v) is 10.5. The zero-order valence-corrected chi connectivity index (χ0v) is 23.1. The van der Waals surface area contributed by atoms with E-state index in [0.29, 0.717) is 18.4 Å². The van der Waals surface area contributed by atoms with Gasteiger partial charge in [-0.1, -0.05) is 33.8 Å². The molecule has 0 radical (unpaired) electrons. The SMILES string of the molecule is CCC(C)C(=O)Oc1ccc(CC(N)(C[C@H](C)OC(=O)OC(C)(C)C)C(=O)O)cc1OC(=O)C(C)CC. The summed E-state index contributed by atoms with van der Waals surface area (Å²) < 4.78 is 21.3. The van der Waals surface area contributed by atoms with Crippen LogP contribution in [0.1, 0.15) is 80.2 Å². The van der Waals surface area contributed by atoms with Crippen LogP contribution < -0.4 is 15.2 Å². The van der Waals surface area contributed by atoms with Crippen molar-refractivity contribution >= 4 is 24.1 Å². The van der Waals surface area contributed by atoms with Crippen LogP contribution in [-0.2, 0) is 30.3 Å². The van der Waals surface area contributed by atoms with Crippen LogP contribution >= 0.6 is 0 Å². The highest BCUT2D eigenvalue weighted by atomic mass is 16.7. The van der Waals surface area contributed by atoms with Crippen molar-refractivity contribution in [2.75, 3.05) is 0 Å². The number of ether oxygens (including phenoxy) is 4. The molecule has 0 heterocycles. The Kier molecular flexibility index (Phi) is 11.6. The van der Waals surface area contributed by atoms with E-state index in [1.54, 1.807) is 40.7 Å². The lowest BCUT2D eigenvalue weighted by Gasteiger charge is -2.28. The summed E-state index contributed by atoms with van der Waals surface area (Å²) in [7, 11) is 0. The Balaban J connectivity index is 3.22. The smallest absolute Gasteiger partial charge is 0.480 e. The first kappa shape index (κ1) is 31.9. The van der Waals surface area contributed by atoms with E-state index >= 15 is 0 Å². The van der Waals surface area contributed by atoms with Gasteiger partial charge < -0.3 is 29.8 Å². The highest BCUT2D eigenvalue weighted by Gasteiger charge is 2.38. The lowest BCUT2D eigenvalue weighted by molar-refractivity contribution is -0.145. The molecule has 0 spiro atoms. The minimum Gasteiger partial charge on any atom is -0.480 e. The standard InChI is InChI=1S/C27H41NO9/c1-9-16(3)22(29)35-20-12-11-19(13-21(20)36-23(30)17(4)10-2)15-27(28,24(31)32)14-18(5)34-25(33)37-26(6,7)8/h11-13,16-18H,9-10,14-15,28H2,1-8H3,(H,31,32)/t16?,17?,18-,27?/m0/s1. The van der Waals surface area contributed by atoms with E-state index in [1.807, 2.05) is 13.8 Å². The van der Waals surface area contributed by atoms with E-state index in [4.69, 9.17) is 24.7 Å². The summed E-state index contributed by atoms with van der Waals surface area (Å²) in [5.74, 6) is -3.04. The zero-order valence-electron chi connectivity index (χ0n) is 23.1. The number of benzene rings is 1. The van der Waals surface area contributed by atoms with E-state index in [9.17, 15) is 24.3 Å². The van der Waals surface area contributed by atoms with E-state index in [1.165, 1.54) is 19.1 Å². The first-order valence-electron chi connectivity index (χ1n) is 12.5. The molecular formula is C27H41NO9. The maximum absolute atomic E-state index is 12.5. The minimum atomic E-state index is -1.83. The molecule has 0 aliphatic heterocycles. The summed E-state index contributed by atoms with van der Waals surface area (Å²) in [5.41, 5.74) is 4.07. The molecule has 0 aliphatic carbocycles. The third-order valence-electron chi connectivity index (χ3n) is 5.74. The van der Waals surface area contributed by atoms with Crippen molar-refractivity contribution in [2.24, 2.45) is 17.6 Å². The van der Waals surface area contributed by atoms with Crippen LogP contribution in [0.5, 0.6) is 11.5 Å². The Morgan fingerprint density at radius 3 is 1.89 bits per heavy atom. The van der Waals surface area contributed by atoms with Gasteiger partial charge in [-0.2, -0.15) is 0 Å². The predicted octanol–water partition coefficient (Wildman–Crippen LogP) is 4.64. The van der Waals surface area contributed by atoms with Crippen molar-refractivity contribution in [3.05, 3.63) is 23.8 Å². The summed E-state index contributed by atoms with van der Waals surface area (Å²) in [6, 6.07) is 4.42. The van der Waals surface area contributed by atoms with Gasteiger partial charge in [0.2, 0.25) is 0 Å². The highest BCUT2D eigenvalue weighted by Crippen LogP contribution is 2.32. The number of carbonyl (C=O) groups is 4. The number of hydrogen-bond donors (Lipinski definition) is 2. The molecule has 0 saturated carbocycles. The fourth-order valence-electron chi connectivity index (χ4n) is 3.17. The van der Waals surface area contributed by atoms with Crippen molar-refractivity contribution in [1.82, 2.24) is 0 Å². The summed E-state index contributed by atoms with van der Waals surface area (Å²) in [4.78, 5) is 49.0. The summed E-state index contributed by atoms with van der Waals surface area (Å²) in [6.07, 6.45) is -1.09. The molecule has 0 bridgehead atoms. The van der Waals surface area contributed by atoms with E-state index in [-0.39, 0.29) is 30.3 Å². The maximum Gasteiger partial charge on any atom is 0.509 e. The Morgan fingerprint density at radius 2 is 1.43 bits per heavy atom. The average Bonchev–Trinajstić information content (AvgIpc) is 2.77. The van der Waals surface area contributed by atoms with Gasteiger partial charge in [-0.15, -0.1) is 0 Å². The van der Waals surface area contributed by atoms with Crippen LogP contribution in [0.3, 0.4) is 0 Å². The van der Waals surface area contributed by atoms with Crippen LogP contribution in [0.4, 0.5) is 4.79 Å². The van der Waals surface area contributed by atoms with Crippen LogP contribution in [-0.4, -0.2) is 46.4 Å². The van der Waals surface area contributed by atoms with Gasteiger partial charge in [-0.05, 0) is 58.2 Å². The third kappa shape index (κ3) is 10.4. The molecule has 0 amide bonds. The van der Waals surface area contributed by atoms with Crippen molar-refractivity contribution in [3.8, 4) is 11.5 Å². The van der Waals surface area contributed by atoms with Gasteiger partial charge in [0.05, 0.1) is 11.8 Å². The molecule has 0 fully saturated rings. The number of hydrogen-bond acceptors (Lipinski definition) is 9. The number of nitrogens with two attached hydrogens (primary N) is 1. The number of esters is 2. The lowest BCUT2D eigenvalue weighted by Crippen LogP contribution is -2.52. The van der Waals surface area contributed by atoms with Crippen LogP contribution in [0, 0.1) is 11.8 Å². The van der Waals surface area contributed by atoms with Gasteiger partial charge in [0.1, 0.15) is 17.2 Å². The molecule has 3 unspecified atom stereocenters. The number of carbonyl (C=O) groups excluding carboxylic acids is 3. The number of carboxylic acids is 1. The number of carboxylic acid groups (broad SMARTS) is 1. The molecule has 208 valence electrons. The second-order valence-electron chi connectivity index (χ2n) is 10.5. The Bertz CT molecular complexity index is 969. The molecule has 4 atom stereocenters. The summed E-state index contributed by atoms with van der Waals surface area (Å²) in [5, 5.41) is 9.89. The lowest BCUT2D eigenvalue weighted by atomic mass is 9.86. The van der Waals surface area contributed by atoms with Crippen molar-refractivity contribution < 1.29 is 43.2 Å². The first-order chi connectivity index (χ1) is 17.0. The Hall–Kier alpha value is -3.14. The van der Waals surface area contributed by atoms with Gasteiger partial charge in [0, 0.05) is 12.8 Å². The van der Waals surface area contributed by atoms with Gasteiger partial charge >= 0.3 is 24.1 Å². The Morgan fingerprint density at radius 1 is 0.919 bits per heavy atom. The van der Waals surface area contributed by atoms with E-state index in [0.717, 1.165) is 0 Å². The molecular weight excluding hydrogens is 482 g/mol. The minimum absolute atomic E-state index is 0.00903. The van der Waals surface area contributed by atoms with E-state index < -0.39 is 47.2 Å². The molecule has 0 aliphatic rings. The third-order valence-corrected chi connectivity index (χ3v) is 5.74. The second kappa shape index (κ2) is 13.4. The average molecular weight is 524 g/mol. The predicted molar refractivity (Wildman–Crippen MR) is 136 cm³/mol. The fraction of sp³-hybridized carbons (Fsp3) is 0.630. The molecule has 1 aromatic rings. The van der Waals surface area contributed by atoms with Crippen LogP contribution in [0.2, 0.25) is 0 Å². The quantitative estimate of drug-likeness (QED) is 0.293. The van der Waals surface area contributed by atoms with Crippen molar-refractivity contribution in [2.45, 2.75) is 98.3 Å². The summed E-state index contributed by atoms with van der Waals surface area (Å²) >= 11 is 0. The van der Waals surface area contributed by atoms with Crippen molar-refractivity contribution in [1.29, 1.82) is 0 Å². The molecule has 1 rings (SSSR count). The fourth-order valence-corrected chi connectivity index (χ4v) is 3.17.